The summed E-state index contributed by atoms with van der Waals surface area (Å²) in [6.45, 7) is 0.397. The molecule has 0 unspecified atom stereocenters. The largest absolute Gasteiger partial charge is 0.416 e. The summed E-state index contributed by atoms with van der Waals surface area (Å²) in [5.41, 5.74) is -0.502. The maximum Gasteiger partial charge on any atom is 0.416 e. The van der Waals surface area contributed by atoms with Crippen LogP contribution >= 0.6 is 0 Å². The van der Waals surface area contributed by atoms with Crippen molar-refractivity contribution in [3.63, 3.8) is 0 Å². The molecule has 1 saturated heterocycles. The first-order valence-electron chi connectivity index (χ1n) is 7.60. The predicted molar refractivity (Wildman–Crippen MR) is 80.9 cm³/mol. The van der Waals surface area contributed by atoms with E-state index in [0.29, 0.717) is 24.9 Å². The molecule has 2 nitrogen and oxygen atoms in total. The van der Waals surface area contributed by atoms with Gasteiger partial charge in [-0.2, -0.15) is 13.2 Å². The maximum absolute atomic E-state index is 14.0. The van der Waals surface area contributed by atoms with E-state index in [9.17, 15) is 22.4 Å². The third-order valence-electron chi connectivity index (χ3n) is 4.21. The molecular formula is C18H15F4NO. The van der Waals surface area contributed by atoms with Gasteiger partial charge in [0.15, 0.2) is 0 Å². The van der Waals surface area contributed by atoms with Crippen LogP contribution in [0.4, 0.5) is 17.6 Å². The number of rotatable bonds is 2. The number of carbonyl (C=O) groups excluding carboxylic acids is 1. The molecule has 0 saturated carbocycles. The number of likely N-dealkylation sites (tertiary alicyclic amines) is 1. The molecule has 3 rings (SSSR count). The van der Waals surface area contributed by atoms with Gasteiger partial charge in [-0.25, -0.2) is 4.39 Å². The van der Waals surface area contributed by atoms with Crippen molar-refractivity contribution in [3.8, 4) is 0 Å². The van der Waals surface area contributed by atoms with Crippen LogP contribution in [0.3, 0.4) is 0 Å². The van der Waals surface area contributed by atoms with Crippen molar-refractivity contribution < 1.29 is 22.4 Å². The SMILES string of the molecule is O=C(c1cccc(C(F)(F)F)c1)N1CCC[C@H]1c1ccccc1F. The van der Waals surface area contributed by atoms with Crippen LogP contribution in [0.2, 0.25) is 0 Å². The number of alkyl halides is 3. The minimum Gasteiger partial charge on any atom is -0.331 e. The Balaban J connectivity index is 1.91. The summed E-state index contributed by atoms with van der Waals surface area (Å²) in [5.74, 6) is -0.918. The lowest BCUT2D eigenvalue weighted by atomic mass is 10.0. The summed E-state index contributed by atoms with van der Waals surface area (Å²) in [4.78, 5) is 14.1. The Kier molecular flexibility index (Phi) is 4.30. The van der Waals surface area contributed by atoms with Crippen molar-refractivity contribution in [2.75, 3.05) is 6.54 Å². The van der Waals surface area contributed by atoms with Gasteiger partial charge in [0, 0.05) is 17.7 Å². The van der Waals surface area contributed by atoms with Gasteiger partial charge in [-0.15, -0.1) is 0 Å². The number of carbonyl (C=O) groups is 1. The van der Waals surface area contributed by atoms with Gasteiger partial charge in [-0.05, 0) is 37.1 Å². The smallest absolute Gasteiger partial charge is 0.331 e. The molecule has 2 aromatic carbocycles. The molecule has 1 fully saturated rings. The molecule has 1 aliphatic heterocycles. The van der Waals surface area contributed by atoms with Crippen LogP contribution in [0.5, 0.6) is 0 Å². The lowest BCUT2D eigenvalue weighted by molar-refractivity contribution is -0.137. The van der Waals surface area contributed by atoms with Gasteiger partial charge in [0.25, 0.3) is 5.91 Å². The van der Waals surface area contributed by atoms with Crippen molar-refractivity contribution >= 4 is 5.91 Å². The summed E-state index contributed by atoms with van der Waals surface area (Å²) < 4.78 is 52.5. The van der Waals surface area contributed by atoms with Crippen LogP contribution in [-0.2, 0) is 6.18 Å². The molecule has 0 radical (unpaired) electrons. The average molecular weight is 337 g/mol. The Bertz CT molecular complexity index is 757. The molecule has 6 heteroatoms. The van der Waals surface area contributed by atoms with Gasteiger partial charge in [-0.3, -0.25) is 4.79 Å². The van der Waals surface area contributed by atoms with E-state index in [-0.39, 0.29) is 5.56 Å². The zero-order valence-corrected chi connectivity index (χ0v) is 12.7. The Morgan fingerprint density at radius 2 is 1.83 bits per heavy atom. The van der Waals surface area contributed by atoms with Gasteiger partial charge in [0.1, 0.15) is 5.82 Å². The highest BCUT2D eigenvalue weighted by molar-refractivity contribution is 5.95. The molecule has 1 atom stereocenters. The molecule has 0 aromatic heterocycles. The molecule has 0 spiro atoms. The molecule has 0 bridgehead atoms. The topological polar surface area (TPSA) is 20.3 Å². The highest BCUT2D eigenvalue weighted by Gasteiger charge is 2.34. The number of halogens is 4. The van der Waals surface area contributed by atoms with Crippen LogP contribution in [-0.4, -0.2) is 17.4 Å². The average Bonchev–Trinajstić information content (AvgIpc) is 3.03. The first-order chi connectivity index (χ1) is 11.4. The van der Waals surface area contributed by atoms with E-state index in [1.165, 1.54) is 23.1 Å². The van der Waals surface area contributed by atoms with Crippen molar-refractivity contribution in [2.24, 2.45) is 0 Å². The molecule has 1 aliphatic rings. The van der Waals surface area contributed by atoms with Crippen molar-refractivity contribution in [3.05, 3.63) is 71.0 Å². The van der Waals surface area contributed by atoms with Crippen LogP contribution in [0.25, 0.3) is 0 Å². The fraction of sp³-hybridized carbons (Fsp3) is 0.278. The lowest BCUT2D eigenvalue weighted by Gasteiger charge is -2.25. The monoisotopic (exact) mass is 337 g/mol. The number of hydrogen-bond acceptors (Lipinski definition) is 1. The van der Waals surface area contributed by atoms with Crippen LogP contribution in [0.15, 0.2) is 48.5 Å². The summed E-state index contributed by atoms with van der Waals surface area (Å²) in [6, 6.07) is 10.1. The summed E-state index contributed by atoms with van der Waals surface area (Å²) in [7, 11) is 0. The minimum absolute atomic E-state index is 0.0342. The second kappa shape index (κ2) is 6.26. The highest BCUT2D eigenvalue weighted by Crippen LogP contribution is 2.35. The van der Waals surface area contributed by atoms with E-state index < -0.39 is 29.5 Å². The minimum atomic E-state index is -4.51. The van der Waals surface area contributed by atoms with Crippen molar-refractivity contribution in [2.45, 2.75) is 25.1 Å². The van der Waals surface area contributed by atoms with E-state index in [1.807, 2.05) is 0 Å². The second-order valence-corrected chi connectivity index (χ2v) is 5.76. The number of benzene rings is 2. The lowest BCUT2D eigenvalue weighted by Crippen LogP contribution is -2.31. The maximum atomic E-state index is 14.0. The molecule has 1 heterocycles. The van der Waals surface area contributed by atoms with E-state index in [2.05, 4.69) is 0 Å². The molecular weight excluding hydrogens is 322 g/mol. The van der Waals surface area contributed by atoms with Crippen LogP contribution in [0, 0.1) is 5.82 Å². The van der Waals surface area contributed by atoms with E-state index in [4.69, 9.17) is 0 Å². The molecule has 0 N–H and O–H groups in total. The van der Waals surface area contributed by atoms with Gasteiger partial charge in [0.2, 0.25) is 0 Å². The summed E-state index contributed by atoms with van der Waals surface area (Å²) in [6.07, 6.45) is -3.23. The highest BCUT2D eigenvalue weighted by atomic mass is 19.4. The van der Waals surface area contributed by atoms with Crippen molar-refractivity contribution in [1.82, 2.24) is 4.90 Å². The Morgan fingerprint density at radius 1 is 1.08 bits per heavy atom. The van der Waals surface area contributed by atoms with E-state index >= 15 is 0 Å². The van der Waals surface area contributed by atoms with Crippen molar-refractivity contribution in [1.29, 1.82) is 0 Å². The Labute approximate surface area is 136 Å². The number of nitrogens with zero attached hydrogens (tertiary/aromatic N) is 1. The molecule has 0 aliphatic carbocycles. The Morgan fingerprint density at radius 3 is 2.54 bits per heavy atom. The summed E-state index contributed by atoms with van der Waals surface area (Å²) in [5, 5.41) is 0. The van der Waals surface area contributed by atoms with Crippen LogP contribution in [0.1, 0.15) is 40.4 Å². The van der Waals surface area contributed by atoms with Gasteiger partial charge in [0.05, 0.1) is 11.6 Å². The third-order valence-corrected chi connectivity index (χ3v) is 4.21. The molecule has 2 aromatic rings. The predicted octanol–water partition coefficient (Wildman–Crippen LogP) is 4.82. The van der Waals surface area contributed by atoms with E-state index in [1.54, 1.807) is 18.2 Å². The normalized spacial score (nSPS) is 18.0. The number of hydrogen-bond donors (Lipinski definition) is 0. The third kappa shape index (κ3) is 3.13. The van der Waals surface area contributed by atoms with Gasteiger partial charge >= 0.3 is 6.18 Å². The standard InChI is InChI=1S/C18H15F4NO/c19-15-8-2-1-7-14(15)16-9-4-10-23(16)17(24)12-5-3-6-13(11-12)18(20,21)22/h1-3,5-8,11,16H,4,9-10H2/t16-/m0/s1. The first kappa shape index (κ1) is 16.5. The quantitative estimate of drug-likeness (QED) is 0.719. The van der Waals surface area contributed by atoms with Gasteiger partial charge < -0.3 is 4.90 Å². The molecule has 126 valence electrons. The zero-order valence-electron chi connectivity index (χ0n) is 12.7. The number of amides is 1. The fourth-order valence-corrected chi connectivity index (χ4v) is 3.07. The van der Waals surface area contributed by atoms with E-state index in [0.717, 1.165) is 12.1 Å². The summed E-state index contributed by atoms with van der Waals surface area (Å²) >= 11 is 0. The zero-order chi connectivity index (χ0) is 17.3. The van der Waals surface area contributed by atoms with Gasteiger partial charge in [-0.1, -0.05) is 24.3 Å². The second-order valence-electron chi connectivity index (χ2n) is 5.76. The fourth-order valence-electron chi connectivity index (χ4n) is 3.07. The van der Waals surface area contributed by atoms with Crippen LogP contribution < -0.4 is 0 Å². The molecule has 24 heavy (non-hydrogen) atoms. The Hall–Kier alpha value is -2.37. The molecule has 1 amide bonds. The first-order valence-corrected chi connectivity index (χ1v) is 7.60.